The van der Waals surface area contributed by atoms with E-state index in [9.17, 15) is 4.39 Å². The second kappa shape index (κ2) is 7.37. The van der Waals surface area contributed by atoms with Crippen molar-refractivity contribution >= 4 is 11.5 Å². The van der Waals surface area contributed by atoms with E-state index >= 15 is 0 Å². The van der Waals surface area contributed by atoms with E-state index in [1.807, 2.05) is 0 Å². The molecule has 0 amide bonds. The molecule has 2 aromatic rings. The van der Waals surface area contributed by atoms with Crippen LogP contribution in [0.2, 0.25) is 0 Å². The van der Waals surface area contributed by atoms with E-state index < -0.39 is 6.04 Å². The normalized spacial score (nSPS) is 12.9. The number of amidine groups is 1. The molecule has 0 saturated heterocycles. The van der Waals surface area contributed by atoms with Crippen LogP contribution in [0.4, 0.5) is 4.39 Å². The summed E-state index contributed by atoms with van der Waals surface area (Å²) >= 11 is 0. The first-order valence-electron chi connectivity index (χ1n) is 6.73. The van der Waals surface area contributed by atoms with Crippen LogP contribution in [0.5, 0.6) is 0 Å². The topological polar surface area (TPSA) is 100.0 Å². The standard InChI is InChI=1S/C15H18FN5O/c1-19-14(15(17)18)8-13(12-6-7-22-21-12)20-9-10-4-2-3-5-11(10)16/h2-8,14,19-20H,9H2,1H3,(H3,17,18)/b13-8-. The molecule has 0 aliphatic heterocycles. The molecule has 0 saturated carbocycles. The van der Waals surface area contributed by atoms with Gasteiger partial charge in [-0.1, -0.05) is 23.4 Å². The fourth-order valence-electron chi connectivity index (χ4n) is 1.91. The summed E-state index contributed by atoms with van der Waals surface area (Å²) in [6, 6.07) is 7.73. The Balaban J connectivity index is 2.21. The molecule has 6 nitrogen and oxygen atoms in total. The van der Waals surface area contributed by atoms with Gasteiger partial charge in [0.2, 0.25) is 0 Å². The maximum atomic E-state index is 13.7. The molecule has 116 valence electrons. The van der Waals surface area contributed by atoms with Gasteiger partial charge >= 0.3 is 0 Å². The first-order chi connectivity index (χ1) is 10.6. The van der Waals surface area contributed by atoms with E-state index in [4.69, 9.17) is 15.7 Å². The number of nitrogens with two attached hydrogens (primary N) is 1. The minimum absolute atomic E-state index is 0.0313. The summed E-state index contributed by atoms with van der Waals surface area (Å²) in [6.45, 7) is 0.277. The summed E-state index contributed by atoms with van der Waals surface area (Å²) in [5.41, 5.74) is 7.21. The third kappa shape index (κ3) is 3.92. The van der Waals surface area contributed by atoms with Gasteiger partial charge in [-0.25, -0.2) is 4.39 Å². The van der Waals surface area contributed by atoms with Crippen molar-refractivity contribution in [3.8, 4) is 0 Å². The zero-order chi connectivity index (χ0) is 15.9. The molecule has 0 aliphatic rings. The SMILES string of the molecule is CNC(/C=C(\NCc1ccccc1F)c1ccon1)C(=N)N. The molecule has 22 heavy (non-hydrogen) atoms. The predicted molar refractivity (Wildman–Crippen MR) is 82.5 cm³/mol. The highest BCUT2D eigenvalue weighted by atomic mass is 19.1. The smallest absolute Gasteiger partial charge is 0.129 e. The summed E-state index contributed by atoms with van der Waals surface area (Å²) in [5, 5.41) is 17.4. The highest BCUT2D eigenvalue weighted by Gasteiger charge is 2.12. The van der Waals surface area contributed by atoms with Crippen molar-refractivity contribution in [3.05, 3.63) is 59.7 Å². The quantitative estimate of drug-likeness (QED) is 0.458. The molecule has 0 aliphatic carbocycles. The Labute approximate surface area is 127 Å². The first-order valence-corrected chi connectivity index (χ1v) is 6.73. The molecule has 1 heterocycles. The lowest BCUT2D eigenvalue weighted by atomic mass is 10.1. The number of likely N-dealkylation sites (N-methyl/N-ethyl adjacent to an activating group) is 1. The number of nitrogens with zero attached hydrogens (tertiary/aromatic N) is 1. The molecule has 0 radical (unpaired) electrons. The molecule has 1 atom stereocenters. The van der Waals surface area contributed by atoms with Crippen molar-refractivity contribution in [1.29, 1.82) is 5.41 Å². The maximum Gasteiger partial charge on any atom is 0.129 e. The number of hydrogen-bond donors (Lipinski definition) is 4. The Morgan fingerprint density at radius 2 is 2.23 bits per heavy atom. The third-order valence-corrected chi connectivity index (χ3v) is 3.12. The van der Waals surface area contributed by atoms with Crippen LogP contribution in [-0.4, -0.2) is 24.1 Å². The van der Waals surface area contributed by atoms with Crippen molar-refractivity contribution in [2.75, 3.05) is 7.05 Å². The summed E-state index contributed by atoms with van der Waals surface area (Å²) in [4.78, 5) is 0. The number of hydrogen-bond acceptors (Lipinski definition) is 5. The molecule has 7 heteroatoms. The van der Waals surface area contributed by atoms with Gasteiger partial charge in [0.15, 0.2) is 0 Å². The minimum atomic E-state index is -0.458. The zero-order valence-electron chi connectivity index (χ0n) is 12.1. The number of halogens is 1. The Morgan fingerprint density at radius 3 is 2.82 bits per heavy atom. The zero-order valence-corrected chi connectivity index (χ0v) is 12.1. The molecule has 5 N–H and O–H groups in total. The van der Waals surface area contributed by atoms with Gasteiger partial charge in [0.25, 0.3) is 0 Å². The summed E-state index contributed by atoms with van der Waals surface area (Å²) in [6.07, 6.45) is 3.15. The van der Waals surface area contributed by atoms with Crippen LogP contribution in [-0.2, 0) is 6.54 Å². The summed E-state index contributed by atoms with van der Waals surface area (Å²) < 4.78 is 18.5. The number of nitrogens with one attached hydrogen (secondary N) is 3. The van der Waals surface area contributed by atoms with Gasteiger partial charge in [-0.3, -0.25) is 5.41 Å². The van der Waals surface area contributed by atoms with Crippen LogP contribution in [0.15, 0.2) is 47.2 Å². The van der Waals surface area contributed by atoms with E-state index in [1.165, 1.54) is 12.3 Å². The number of rotatable bonds is 7. The summed E-state index contributed by atoms with van der Waals surface area (Å²) in [7, 11) is 1.69. The monoisotopic (exact) mass is 303 g/mol. The predicted octanol–water partition coefficient (Wildman–Crippen LogP) is 1.47. The second-order valence-electron chi connectivity index (χ2n) is 4.63. The van der Waals surface area contributed by atoms with Crippen LogP contribution >= 0.6 is 0 Å². The van der Waals surface area contributed by atoms with Crippen LogP contribution in [0.1, 0.15) is 11.3 Å². The molecular formula is C15H18FN5O. The van der Waals surface area contributed by atoms with Crippen molar-refractivity contribution < 1.29 is 8.91 Å². The molecule has 1 unspecified atom stereocenters. The van der Waals surface area contributed by atoms with Crippen molar-refractivity contribution in [2.24, 2.45) is 5.73 Å². The van der Waals surface area contributed by atoms with Gasteiger partial charge in [0.05, 0.1) is 11.7 Å². The average molecular weight is 303 g/mol. The van der Waals surface area contributed by atoms with Crippen LogP contribution in [0.3, 0.4) is 0 Å². The lowest BCUT2D eigenvalue weighted by Crippen LogP contribution is -2.37. The molecule has 0 bridgehead atoms. The Hall–Kier alpha value is -2.67. The van der Waals surface area contributed by atoms with Crippen LogP contribution in [0, 0.1) is 11.2 Å². The Morgan fingerprint density at radius 1 is 1.45 bits per heavy atom. The average Bonchev–Trinajstić information content (AvgIpc) is 3.03. The molecule has 0 fully saturated rings. The fourth-order valence-corrected chi connectivity index (χ4v) is 1.91. The van der Waals surface area contributed by atoms with Crippen LogP contribution < -0.4 is 16.4 Å². The fraction of sp³-hybridized carbons (Fsp3) is 0.200. The number of benzene rings is 1. The van der Waals surface area contributed by atoms with E-state index in [2.05, 4.69) is 15.8 Å². The van der Waals surface area contributed by atoms with Crippen molar-refractivity contribution in [2.45, 2.75) is 12.6 Å². The highest BCUT2D eigenvalue weighted by Crippen LogP contribution is 2.13. The van der Waals surface area contributed by atoms with E-state index in [1.54, 1.807) is 37.4 Å². The van der Waals surface area contributed by atoms with Crippen molar-refractivity contribution in [3.63, 3.8) is 0 Å². The Kier molecular flexibility index (Phi) is 5.26. The second-order valence-corrected chi connectivity index (χ2v) is 4.63. The van der Waals surface area contributed by atoms with E-state index in [0.29, 0.717) is 17.0 Å². The maximum absolute atomic E-state index is 13.7. The number of aromatic nitrogens is 1. The molecular weight excluding hydrogens is 285 g/mol. The lowest BCUT2D eigenvalue weighted by molar-refractivity contribution is 0.417. The lowest BCUT2D eigenvalue weighted by Gasteiger charge is -2.14. The molecule has 1 aromatic carbocycles. The van der Waals surface area contributed by atoms with E-state index in [0.717, 1.165) is 0 Å². The van der Waals surface area contributed by atoms with Crippen LogP contribution in [0.25, 0.3) is 5.70 Å². The van der Waals surface area contributed by atoms with Gasteiger partial charge in [-0.2, -0.15) is 0 Å². The molecule has 1 aromatic heterocycles. The largest absolute Gasteiger partial charge is 0.386 e. The third-order valence-electron chi connectivity index (χ3n) is 3.12. The van der Waals surface area contributed by atoms with Gasteiger partial charge in [-0.05, 0) is 19.2 Å². The van der Waals surface area contributed by atoms with Gasteiger partial charge < -0.3 is 20.9 Å². The van der Waals surface area contributed by atoms with Gasteiger partial charge in [0.1, 0.15) is 23.6 Å². The van der Waals surface area contributed by atoms with E-state index in [-0.39, 0.29) is 18.2 Å². The van der Waals surface area contributed by atoms with Gasteiger partial charge in [0, 0.05) is 18.2 Å². The highest BCUT2D eigenvalue weighted by molar-refractivity contribution is 5.86. The van der Waals surface area contributed by atoms with Gasteiger partial charge in [-0.15, -0.1) is 0 Å². The van der Waals surface area contributed by atoms with Crippen molar-refractivity contribution in [1.82, 2.24) is 15.8 Å². The molecule has 2 rings (SSSR count). The summed E-state index contributed by atoms with van der Waals surface area (Å²) in [5.74, 6) is -0.317. The Bertz CT molecular complexity index is 654. The first kappa shape index (κ1) is 15.7. The minimum Gasteiger partial charge on any atom is -0.386 e. The molecule has 0 spiro atoms.